The van der Waals surface area contributed by atoms with Crippen LogP contribution in [0.5, 0.6) is 0 Å². The van der Waals surface area contributed by atoms with E-state index in [4.69, 9.17) is 5.11 Å². The van der Waals surface area contributed by atoms with Crippen molar-refractivity contribution < 1.29 is 23.1 Å². The third-order valence-corrected chi connectivity index (χ3v) is 4.01. The predicted molar refractivity (Wildman–Crippen MR) is 80.9 cm³/mol. The first-order valence-electron chi connectivity index (χ1n) is 7.32. The molecule has 0 radical (unpaired) electrons. The summed E-state index contributed by atoms with van der Waals surface area (Å²) in [5, 5.41) is 8.90. The molecule has 2 heterocycles. The SMILES string of the molecule is C[C@H]1CCN1c1nc(-c2ccc(C(=O)O)cc2)cc(C(F)(F)F)n1. The van der Waals surface area contributed by atoms with Gasteiger partial charge in [-0.25, -0.2) is 14.8 Å². The van der Waals surface area contributed by atoms with Crippen LogP contribution in [0, 0.1) is 0 Å². The summed E-state index contributed by atoms with van der Waals surface area (Å²) in [5.41, 5.74) is -0.435. The highest BCUT2D eigenvalue weighted by Crippen LogP contribution is 2.33. The number of alkyl halides is 3. The lowest BCUT2D eigenvalue weighted by Crippen LogP contribution is -2.46. The lowest BCUT2D eigenvalue weighted by atomic mass is 10.1. The van der Waals surface area contributed by atoms with Crippen LogP contribution in [0.2, 0.25) is 0 Å². The van der Waals surface area contributed by atoms with Crippen LogP contribution in [-0.4, -0.2) is 33.6 Å². The Morgan fingerprint density at radius 2 is 1.92 bits per heavy atom. The van der Waals surface area contributed by atoms with Crippen LogP contribution in [-0.2, 0) is 6.18 Å². The first kappa shape index (κ1) is 16.2. The van der Waals surface area contributed by atoms with Crippen molar-refractivity contribution in [2.24, 2.45) is 0 Å². The number of rotatable bonds is 3. The Morgan fingerprint density at radius 1 is 1.25 bits per heavy atom. The first-order chi connectivity index (χ1) is 11.3. The minimum absolute atomic E-state index is 0.0425. The van der Waals surface area contributed by atoms with E-state index in [0.717, 1.165) is 12.5 Å². The molecule has 0 bridgehead atoms. The van der Waals surface area contributed by atoms with Crippen molar-refractivity contribution in [3.63, 3.8) is 0 Å². The van der Waals surface area contributed by atoms with Gasteiger partial charge in [0.05, 0.1) is 11.3 Å². The van der Waals surface area contributed by atoms with Gasteiger partial charge in [0, 0.05) is 18.2 Å². The number of aromatic nitrogens is 2. The first-order valence-corrected chi connectivity index (χ1v) is 7.32. The van der Waals surface area contributed by atoms with E-state index in [1.54, 1.807) is 4.90 Å². The van der Waals surface area contributed by atoms with Crippen LogP contribution in [0.25, 0.3) is 11.3 Å². The summed E-state index contributed by atoms with van der Waals surface area (Å²) in [7, 11) is 0. The summed E-state index contributed by atoms with van der Waals surface area (Å²) in [6.07, 6.45) is -3.70. The number of halogens is 3. The molecule has 1 saturated heterocycles. The van der Waals surface area contributed by atoms with E-state index in [1.807, 2.05) is 6.92 Å². The molecule has 1 N–H and O–H groups in total. The zero-order valence-corrected chi connectivity index (χ0v) is 12.7. The van der Waals surface area contributed by atoms with Gasteiger partial charge in [-0.3, -0.25) is 0 Å². The quantitative estimate of drug-likeness (QED) is 0.929. The standard InChI is InChI=1S/C16H14F3N3O2/c1-9-6-7-22(9)15-20-12(8-13(21-15)16(17,18)19)10-2-4-11(5-3-10)14(23)24/h2-5,8-9H,6-7H2,1H3,(H,23,24)/t9-/m0/s1. The summed E-state index contributed by atoms with van der Waals surface area (Å²) in [4.78, 5) is 20.5. The van der Waals surface area contributed by atoms with Gasteiger partial charge < -0.3 is 10.0 Å². The van der Waals surface area contributed by atoms with Gasteiger partial charge in [-0.05, 0) is 31.5 Å². The number of nitrogens with zero attached hydrogens (tertiary/aromatic N) is 3. The van der Waals surface area contributed by atoms with Crippen LogP contribution in [0.3, 0.4) is 0 Å². The smallest absolute Gasteiger partial charge is 0.433 e. The zero-order chi connectivity index (χ0) is 17.5. The van der Waals surface area contributed by atoms with Crippen molar-refractivity contribution in [2.45, 2.75) is 25.6 Å². The largest absolute Gasteiger partial charge is 0.478 e. The molecule has 5 nitrogen and oxygen atoms in total. The fourth-order valence-electron chi connectivity index (χ4n) is 2.45. The second-order valence-corrected chi connectivity index (χ2v) is 5.65. The van der Waals surface area contributed by atoms with Gasteiger partial charge in [-0.1, -0.05) is 12.1 Å². The van der Waals surface area contributed by atoms with Gasteiger partial charge in [0.25, 0.3) is 0 Å². The van der Waals surface area contributed by atoms with Crippen LogP contribution < -0.4 is 4.90 Å². The summed E-state index contributed by atoms with van der Waals surface area (Å²) in [5.74, 6) is -1.06. The number of hydrogen-bond acceptors (Lipinski definition) is 4. The molecule has 3 rings (SSSR count). The van der Waals surface area contributed by atoms with E-state index in [1.165, 1.54) is 24.3 Å². The van der Waals surface area contributed by atoms with Gasteiger partial charge >= 0.3 is 12.1 Å². The Bertz CT molecular complexity index is 775. The molecular formula is C16H14F3N3O2. The van der Waals surface area contributed by atoms with E-state index in [0.29, 0.717) is 12.1 Å². The molecule has 0 spiro atoms. The number of carboxylic acids is 1. The number of carboxylic acid groups (broad SMARTS) is 1. The fourth-order valence-corrected chi connectivity index (χ4v) is 2.45. The molecular weight excluding hydrogens is 323 g/mol. The number of benzene rings is 1. The van der Waals surface area contributed by atoms with Gasteiger partial charge in [0.2, 0.25) is 5.95 Å². The van der Waals surface area contributed by atoms with E-state index in [9.17, 15) is 18.0 Å². The lowest BCUT2D eigenvalue weighted by Gasteiger charge is -2.39. The van der Waals surface area contributed by atoms with Gasteiger partial charge in [0.1, 0.15) is 0 Å². The van der Waals surface area contributed by atoms with E-state index in [2.05, 4.69) is 9.97 Å². The maximum atomic E-state index is 13.1. The Labute approximate surface area is 135 Å². The van der Waals surface area contributed by atoms with Crippen molar-refractivity contribution in [3.8, 4) is 11.3 Å². The second kappa shape index (κ2) is 5.77. The molecule has 1 aliphatic rings. The Hall–Kier alpha value is -2.64. The molecule has 24 heavy (non-hydrogen) atoms. The van der Waals surface area contributed by atoms with Crippen molar-refractivity contribution in [3.05, 3.63) is 41.6 Å². The van der Waals surface area contributed by atoms with Crippen molar-refractivity contribution in [1.29, 1.82) is 0 Å². The van der Waals surface area contributed by atoms with Crippen molar-refractivity contribution >= 4 is 11.9 Å². The third-order valence-electron chi connectivity index (χ3n) is 4.01. The monoisotopic (exact) mass is 337 g/mol. The summed E-state index contributed by atoms with van der Waals surface area (Å²) >= 11 is 0. The highest BCUT2D eigenvalue weighted by molar-refractivity contribution is 5.88. The van der Waals surface area contributed by atoms with Crippen LogP contribution in [0.15, 0.2) is 30.3 Å². The normalized spacial score (nSPS) is 17.5. The molecule has 1 atom stereocenters. The highest BCUT2D eigenvalue weighted by atomic mass is 19.4. The number of aromatic carboxylic acids is 1. The van der Waals surface area contributed by atoms with Crippen molar-refractivity contribution in [1.82, 2.24) is 9.97 Å². The maximum absolute atomic E-state index is 13.1. The summed E-state index contributed by atoms with van der Waals surface area (Å²) in [6.45, 7) is 2.51. The Kier molecular flexibility index (Phi) is 3.90. The van der Waals surface area contributed by atoms with E-state index < -0.39 is 17.8 Å². The molecule has 8 heteroatoms. The number of carbonyl (C=O) groups is 1. The summed E-state index contributed by atoms with van der Waals surface area (Å²) < 4.78 is 39.4. The Morgan fingerprint density at radius 3 is 2.38 bits per heavy atom. The fraction of sp³-hybridized carbons (Fsp3) is 0.312. The lowest BCUT2D eigenvalue weighted by molar-refractivity contribution is -0.141. The zero-order valence-electron chi connectivity index (χ0n) is 12.7. The van der Waals surface area contributed by atoms with Gasteiger partial charge in [-0.15, -0.1) is 0 Å². The van der Waals surface area contributed by atoms with E-state index in [-0.39, 0.29) is 23.2 Å². The van der Waals surface area contributed by atoms with Crippen LogP contribution in [0.1, 0.15) is 29.4 Å². The number of hydrogen-bond donors (Lipinski definition) is 1. The molecule has 0 unspecified atom stereocenters. The minimum Gasteiger partial charge on any atom is -0.478 e. The molecule has 1 aromatic heterocycles. The average Bonchev–Trinajstić information content (AvgIpc) is 2.52. The molecule has 2 aromatic rings. The number of anilines is 1. The van der Waals surface area contributed by atoms with Crippen LogP contribution in [0.4, 0.5) is 19.1 Å². The molecule has 0 saturated carbocycles. The summed E-state index contributed by atoms with van der Waals surface area (Å²) in [6, 6.07) is 6.52. The average molecular weight is 337 g/mol. The van der Waals surface area contributed by atoms with Crippen LogP contribution >= 0.6 is 0 Å². The molecule has 1 aromatic carbocycles. The topological polar surface area (TPSA) is 66.3 Å². The van der Waals surface area contributed by atoms with Gasteiger partial charge in [-0.2, -0.15) is 13.2 Å². The molecule has 0 amide bonds. The minimum atomic E-state index is -4.58. The van der Waals surface area contributed by atoms with Gasteiger partial charge in [0.15, 0.2) is 5.69 Å². The third kappa shape index (κ3) is 3.04. The van der Waals surface area contributed by atoms with E-state index >= 15 is 0 Å². The Balaban J connectivity index is 2.05. The molecule has 1 aliphatic heterocycles. The highest BCUT2D eigenvalue weighted by Gasteiger charge is 2.35. The molecule has 0 aliphatic carbocycles. The predicted octanol–water partition coefficient (Wildman–Crippen LogP) is 3.46. The molecule has 1 fully saturated rings. The molecule has 126 valence electrons. The maximum Gasteiger partial charge on any atom is 0.433 e. The van der Waals surface area contributed by atoms with Crippen molar-refractivity contribution in [2.75, 3.05) is 11.4 Å². The second-order valence-electron chi connectivity index (χ2n) is 5.65.